The fourth-order valence-corrected chi connectivity index (χ4v) is 3.18. The topological polar surface area (TPSA) is 67.2 Å². The highest BCUT2D eigenvalue weighted by Gasteiger charge is 2.41. The van der Waals surface area contributed by atoms with E-state index in [4.69, 9.17) is 0 Å². The van der Waals surface area contributed by atoms with Crippen LogP contribution in [0.15, 0.2) is 12.1 Å². The van der Waals surface area contributed by atoms with Gasteiger partial charge in [0, 0.05) is 5.54 Å². The van der Waals surface area contributed by atoms with E-state index in [1.165, 1.54) is 10.6 Å². The van der Waals surface area contributed by atoms with E-state index >= 15 is 0 Å². The third kappa shape index (κ3) is 3.38. The average Bonchev–Trinajstić information content (AvgIpc) is 3.24. The summed E-state index contributed by atoms with van der Waals surface area (Å²) in [4.78, 5) is 16.6. The second-order valence-electron chi connectivity index (χ2n) is 8.03. The molecule has 5 nitrogen and oxygen atoms in total. The van der Waals surface area contributed by atoms with Crippen LogP contribution in [0, 0.1) is 17.6 Å². The molecule has 0 aliphatic heterocycles. The number of aromatic nitrogens is 2. The van der Waals surface area contributed by atoms with Gasteiger partial charge in [-0.1, -0.05) is 0 Å². The van der Waals surface area contributed by atoms with Crippen LogP contribution >= 0.6 is 0 Å². The summed E-state index contributed by atoms with van der Waals surface area (Å²) in [6, 6.07) is 2.40. The number of hydrogen-bond donors (Lipinski definition) is 2. The maximum absolute atomic E-state index is 14.3. The largest absolute Gasteiger partial charge is 0.389 e. The van der Waals surface area contributed by atoms with Crippen molar-refractivity contribution in [1.82, 2.24) is 9.55 Å². The van der Waals surface area contributed by atoms with Crippen molar-refractivity contribution in [2.45, 2.75) is 58.1 Å². The number of carbonyl (C=O) groups is 1. The lowest BCUT2D eigenvalue weighted by molar-refractivity contribution is -0.121. The van der Waals surface area contributed by atoms with Gasteiger partial charge < -0.3 is 9.67 Å². The molecule has 0 bridgehead atoms. The molecular weight excluding hydrogens is 328 g/mol. The standard InChI is InChI=1S/C18H23F2N3O2/c1-17(2,3)23-15-12(8-7-11(19)14(15)20)21-16(23)22-13(24)9-18(4,25)10-5-6-10/h7-8,10,25H,5-6,9H2,1-4H3,(H,21,22,24). The number of nitrogens with one attached hydrogen (secondary N) is 1. The number of rotatable bonds is 4. The minimum absolute atomic E-state index is 0.0109. The first-order valence-corrected chi connectivity index (χ1v) is 8.40. The van der Waals surface area contributed by atoms with E-state index < -0.39 is 28.7 Å². The second-order valence-corrected chi connectivity index (χ2v) is 8.03. The van der Waals surface area contributed by atoms with Crippen molar-refractivity contribution < 1.29 is 18.7 Å². The zero-order chi connectivity index (χ0) is 18.6. The molecule has 0 saturated heterocycles. The zero-order valence-electron chi connectivity index (χ0n) is 14.9. The predicted octanol–water partition coefficient (Wildman–Crippen LogP) is 3.56. The minimum Gasteiger partial charge on any atom is -0.389 e. The summed E-state index contributed by atoms with van der Waals surface area (Å²) in [5.41, 5.74) is -1.43. The van der Waals surface area contributed by atoms with Crippen molar-refractivity contribution in [2.24, 2.45) is 5.92 Å². The number of fused-ring (bicyclic) bond motifs is 1. The summed E-state index contributed by atoms with van der Waals surface area (Å²) >= 11 is 0. The number of hydrogen-bond acceptors (Lipinski definition) is 3. The molecule has 1 aromatic carbocycles. The third-order valence-electron chi connectivity index (χ3n) is 4.61. The van der Waals surface area contributed by atoms with Gasteiger partial charge in [-0.3, -0.25) is 10.1 Å². The fraction of sp³-hybridized carbons (Fsp3) is 0.556. The normalized spacial score (nSPS) is 17.6. The van der Waals surface area contributed by atoms with Crippen molar-refractivity contribution in [2.75, 3.05) is 5.32 Å². The minimum atomic E-state index is -1.07. The molecule has 25 heavy (non-hydrogen) atoms. The summed E-state index contributed by atoms with van der Waals surface area (Å²) in [6.07, 6.45) is 1.75. The van der Waals surface area contributed by atoms with E-state index in [9.17, 15) is 18.7 Å². The zero-order valence-corrected chi connectivity index (χ0v) is 14.9. The van der Waals surface area contributed by atoms with Crippen LogP contribution < -0.4 is 5.32 Å². The molecule has 1 amide bonds. The van der Waals surface area contributed by atoms with Gasteiger partial charge in [0.05, 0.1) is 17.5 Å². The number of nitrogens with zero attached hydrogens (tertiary/aromatic N) is 2. The summed E-state index contributed by atoms with van der Waals surface area (Å²) < 4.78 is 29.5. The lowest BCUT2D eigenvalue weighted by atomic mass is 9.96. The van der Waals surface area contributed by atoms with E-state index in [-0.39, 0.29) is 29.3 Å². The van der Waals surface area contributed by atoms with Crippen LogP contribution in [0.2, 0.25) is 0 Å². The highest BCUT2D eigenvalue weighted by molar-refractivity contribution is 5.92. The van der Waals surface area contributed by atoms with Crippen LogP contribution in [0.4, 0.5) is 14.7 Å². The summed E-state index contributed by atoms with van der Waals surface area (Å²) in [5, 5.41) is 13.0. The number of benzene rings is 1. The van der Waals surface area contributed by atoms with Gasteiger partial charge in [0.25, 0.3) is 0 Å². The Morgan fingerprint density at radius 3 is 2.52 bits per heavy atom. The summed E-state index contributed by atoms with van der Waals surface area (Å²) in [5.74, 6) is -2.09. The van der Waals surface area contributed by atoms with Crippen LogP contribution in [-0.2, 0) is 10.3 Å². The van der Waals surface area contributed by atoms with Crippen LogP contribution in [-0.4, -0.2) is 26.2 Å². The molecule has 7 heteroatoms. The molecular formula is C18H23F2N3O2. The van der Waals surface area contributed by atoms with Crippen LogP contribution in [0.1, 0.15) is 47.0 Å². The SMILES string of the molecule is CC(O)(CC(=O)Nc1nc2ccc(F)c(F)c2n1C(C)(C)C)C1CC1. The number of imidazole rings is 1. The van der Waals surface area contributed by atoms with E-state index in [2.05, 4.69) is 10.3 Å². The Labute approximate surface area is 145 Å². The molecule has 1 fully saturated rings. The Balaban J connectivity index is 1.98. The molecule has 2 N–H and O–H groups in total. The molecule has 1 aromatic heterocycles. The van der Waals surface area contributed by atoms with E-state index in [0.717, 1.165) is 18.9 Å². The Morgan fingerprint density at radius 2 is 1.96 bits per heavy atom. The molecule has 136 valence electrons. The molecule has 0 spiro atoms. The monoisotopic (exact) mass is 351 g/mol. The van der Waals surface area contributed by atoms with E-state index in [0.29, 0.717) is 0 Å². The number of amides is 1. The first-order valence-electron chi connectivity index (χ1n) is 8.40. The Kier molecular flexibility index (Phi) is 4.10. The van der Waals surface area contributed by atoms with Gasteiger partial charge in [-0.2, -0.15) is 0 Å². The molecule has 1 heterocycles. The van der Waals surface area contributed by atoms with Crippen molar-refractivity contribution in [3.63, 3.8) is 0 Å². The predicted molar refractivity (Wildman–Crippen MR) is 91.2 cm³/mol. The molecule has 0 radical (unpaired) electrons. The number of halogens is 2. The maximum atomic E-state index is 14.3. The summed E-state index contributed by atoms with van der Waals surface area (Å²) in [7, 11) is 0. The lowest BCUT2D eigenvalue weighted by Gasteiger charge is -2.26. The van der Waals surface area contributed by atoms with Crippen LogP contribution in [0.3, 0.4) is 0 Å². The van der Waals surface area contributed by atoms with Gasteiger partial charge in [0.15, 0.2) is 11.6 Å². The maximum Gasteiger partial charge on any atom is 0.229 e. The molecule has 1 atom stereocenters. The number of anilines is 1. The Bertz CT molecular complexity index is 833. The summed E-state index contributed by atoms with van der Waals surface area (Å²) in [6.45, 7) is 7.09. The molecule has 1 aliphatic rings. The average molecular weight is 351 g/mol. The van der Waals surface area contributed by atoms with Crippen LogP contribution in [0.25, 0.3) is 11.0 Å². The Hall–Kier alpha value is -2.02. The van der Waals surface area contributed by atoms with Crippen LogP contribution in [0.5, 0.6) is 0 Å². The van der Waals surface area contributed by atoms with Gasteiger partial charge >= 0.3 is 0 Å². The molecule has 2 aromatic rings. The first-order chi connectivity index (χ1) is 11.5. The first kappa shape index (κ1) is 17.8. The third-order valence-corrected chi connectivity index (χ3v) is 4.61. The lowest BCUT2D eigenvalue weighted by Crippen LogP contribution is -2.34. The van der Waals surface area contributed by atoms with Gasteiger partial charge in [0.1, 0.15) is 5.52 Å². The number of carbonyl (C=O) groups excluding carboxylic acids is 1. The van der Waals surface area contributed by atoms with E-state index in [1.54, 1.807) is 6.92 Å². The van der Waals surface area contributed by atoms with Gasteiger partial charge in [-0.15, -0.1) is 0 Å². The Morgan fingerprint density at radius 1 is 1.32 bits per heavy atom. The van der Waals surface area contributed by atoms with Gasteiger partial charge in [-0.25, -0.2) is 13.8 Å². The van der Waals surface area contributed by atoms with Crippen molar-refractivity contribution >= 4 is 22.9 Å². The van der Waals surface area contributed by atoms with Gasteiger partial charge in [0.2, 0.25) is 11.9 Å². The second kappa shape index (κ2) is 5.76. The van der Waals surface area contributed by atoms with E-state index in [1.807, 2.05) is 20.8 Å². The van der Waals surface area contributed by atoms with Crippen molar-refractivity contribution in [1.29, 1.82) is 0 Å². The highest BCUT2D eigenvalue weighted by Crippen LogP contribution is 2.41. The fourth-order valence-electron chi connectivity index (χ4n) is 3.18. The molecule has 1 saturated carbocycles. The molecule has 1 unspecified atom stereocenters. The van der Waals surface area contributed by atoms with Crippen molar-refractivity contribution in [3.05, 3.63) is 23.8 Å². The quantitative estimate of drug-likeness (QED) is 0.885. The van der Waals surface area contributed by atoms with Gasteiger partial charge in [-0.05, 0) is 58.6 Å². The number of aliphatic hydroxyl groups is 1. The molecule has 1 aliphatic carbocycles. The van der Waals surface area contributed by atoms with Crippen molar-refractivity contribution in [3.8, 4) is 0 Å². The smallest absolute Gasteiger partial charge is 0.229 e. The highest BCUT2D eigenvalue weighted by atomic mass is 19.2. The molecule has 3 rings (SSSR count).